The molecular formula is C120H91BBrN13O4S5Se3. The van der Waals surface area contributed by atoms with Gasteiger partial charge in [-0.15, -0.1) is 11.3 Å². The van der Waals surface area contributed by atoms with Crippen molar-refractivity contribution in [2.24, 2.45) is 0 Å². The number of carbonyl (C=O) groups is 2. The fourth-order valence-corrected chi connectivity index (χ4v) is 28.6. The zero-order valence-electron chi connectivity index (χ0n) is 81.4. The standard InChI is InChI=1S/C41H27N5S2Se.C32H23N3OSSe.C27H30BNO2.C11H5BrN2OSSe.C9H6N2S/c1-41(2)31-12-6-8-14-34(31)46(27-10-4-3-5-11-27)35-20-16-25(23-32(35)41)29-18-19-30(39-38(29)44-49-45-39)36-21-17-28(47-36)22-26(24-42)40-43-33-13-7-9-15-37(33)48-40;1-32(2)25-10-6-7-11-27(25)35(21-8-4-3-5-9-21)28-16-12-20(18-26(28)32)23-14-15-24(31-30(23)33-38-34-31)29-17-13-22(19-36)37-29;1-25(2)21-14-10-11-15-23(21)29(20-12-8-7-9-13-20)24-17-16-19(18-22(24)25)28-30-26(3,4)27(5,6)31-28;12-8-3-2-7(10-11(8)14-17-13-10)9-4-1-6(5-15)16-9;1-10-6-9-11-7-4-2-3-5-8(7)12-9/h3-23H,1-2H3;3-19H,1-2H3;7-18H,1-6H3;1-5H;2-5H,6H2. The second-order valence-corrected chi connectivity index (χ2v) is 48.1. The number of para-hydroxylation sites is 8. The van der Waals surface area contributed by atoms with Crippen LogP contribution in [0.5, 0.6) is 0 Å². The number of fused-ring (bicyclic) bond motifs is 11. The topological polar surface area (TPSA) is 194 Å². The van der Waals surface area contributed by atoms with Crippen LogP contribution in [0.1, 0.15) is 137 Å². The minimum Gasteiger partial charge on any atom is -0.309 e. The van der Waals surface area contributed by atoms with Gasteiger partial charge in [0, 0.05) is 11.1 Å². The van der Waals surface area contributed by atoms with Crippen molar-refractivity contribution < 1.29 is 18.9 Å². The van der Waals surface area contributed by atoms with Crippen LogP contribution in [0, 0.1) is 17.9 Å². The third-order valence-electron chi connectivity index (χ3n) is 28.0. The van der Waals surface area contributed by atoms with Crippen LogP contribution in [-0.2, 0) is 32.1 Å². The molecule has 0 saturated carbocycles. The Morgan fingerprint density at radius 2 is 0.735 bits per heavy atom. The molecule has 14 aromatic carbocycles. The Kier molecular flexibility index (Phi) is 27.0. The molecular weight excluding hydrogens is 2180 g/mol. The summed E-state index contributed by atoms with van der Waals surface area (Å²) in [6.45, 7) is 29.4. The molecule has 12 heterocycles. The molecule has 4 aliphatic rings. The first kappa shape index (κ1) is 97.9. The summed E-state index contributed by atoms with van der Waals surface area (Å²) in [5.74, 6) is 0. The van der Waals surface area contributed by atoms with E-state index < -0.39 is 0 Å². The van der Waals surface area contributed by atoms with Gasteiger partial charge >= 0.3 is 644 Å². The molecule has 8 aromatic heterocycles. The number of thiazole rings is 2. The first-order chi connectivity index (χ1) is 71.4. The van der Waals surface area contributed by atoms with Crippen LogP contribution in [-0.4, -0.2) is 110 Å². The predicted molar refractivity (Wildman–Crippen MR) is 614 cm³/mol. The van der Waals surface area contributed by atoms with Crippen molar-refractivity contribution >= 4 is 259 Å². The van der Waals surface area contributed by atoms with Crippen molar-refractivity contribution in [3.8, 4) is 59.6 Å². The van der Waals surface area contributed by atoms with E-state index in [-0.39, 0.29) is 79.5 Å². The van der Waals surface area contributed by atoms with E-state index in [0.717, 1.165) is 171 Å². The monoisotopic (exact) mass is 2270 g/mol. The molecule has 1 saturated heterocycles. The number of nitriles is 1. The summed E-state index contributed by atoms with van der Waals surface area (Å²) in [6.07, 6.45) is 3.72. The van der Waals surface area contributed by atoms with Gasteiger partial charge in [-0.2, -0.15) is 0 Å². The van der Waals surface area contributed by atoms with Crippen LogP contribution in [0.3, 0.4) is 0 Å². The molecule has 0 unspecified atom stereocenters. The number of rotatable bonds is 14. The summed E-state index contributed by atoms with van der Waals surface area (Å²) in [5.41, 5.74) is 34.2. The number of thiophene rings is 3. The molecule has 1 fully saturated rings. The number of nitrogens with zero attached hydrogens (tertiary/aromatic N) is 13. The summed E-state index contributed by atoms with van der Waals surface area (Å²) in [5, 5.41) is 11.7. The van der Waals surface area contributed by atoms with Crippen LogP contribution < -0.4 is 20.2 Å². The quantitative estimate of drug-likeness (QED) is 0.0431. The molecule has 0 spiro atoms. The molecule has 22 aromatic rings. The molecule has 0 bridgehead atoms. The van der Waals surface area contributed by atoms with Gasteiger partial charge in [-0.25, -0.2) is 11.6 Å². The molecule has 17 nitrogen and oxygen atoms in total. The molecule has 26 rings (SSSR count). The summed E-state index contributed by atoms with van der Waals surface area (Å²) in [6, 6.07) is 121. The van der Waals surface area contributed by atoms with Crippen molar-refractivity contribution in [2.45, 2.75) is 103 Å². The number of benzene rings is 14. The summed E-state index contributed by atoms with van der Waals surface area (Å²) < 4.78 is 44.3. The van der Waals surface area contributed by atoms with Gasteiger partial charge < -0.3 is 19.1 Å². The fraction of sp³-hybridized carbons (Fsp3) is 0.133. The smallest absolute Gasteiger partial charge is 0.265 e. The number of aromatic nitrogens is 8. The fourth-order valence-electron chi connectivity index (χ4n) is 19.8. The normalized spacial score (nSPS) is 14.5. The van der Waals surface area contributed by atoms with Gasteiger partial charge in [0.2, 0.25) is 0 Å². The Bertz CT molecular complexity index is 8880. The maximum absolute atomic E-state index is 11.3. The first-order valence-corrected chi connectivity index (χ1v) is 57.3. The number of carbonyl (C=O) groups excluding carboxylic acids is 2. The van der Waals surface area contributed by atoms with Crippen LogP contribution in [0.2, 0.25) is 0 Å². The molecule has 718 valence electrons. The van der Waals surface area contributed by atoms with Crippen LogP contribution in [0.4, 0.5) is 51.2 Å². The second kappa shape index (κ2) is 40.5. The van der Waals surface area contributed by atoms with Crippen LogP contribution >= 0.6 is 72.6 Å². The van der Waals surface area contributed by atoms with E-state index in [1.54, 1.807) is 34.0 Å². The maximum atomic E-state index is 11.3. The van der Waals surface area contributed by atoms with Gasteiger partial charge in [0.05, 0.1) is 32.8 Å². The van der Waals surface area contributed by atoms with Gasteiger partial charge in [0.1, 0.15) is 0 Å². The molecule has 0 aliphatic carbocycles. The number of hydrogen-bond acceptors (Lipinski definition) is 21. The molecule has 4 aliphatic heterocycles. The number of halogens is 1. The average Bonchev–Trinajstić information content (AvgIpc) is 1.40. The van der Waals surface area contributed by atoms with Crippen molar-refractivity contribution in [3.63, 3.8) is 0 Å². The number of hydrogen-bond donors (Lipinski definition) is 0. The van der Waals surface area contributed by atoms with E-state index in [1.807, 2.05) is 91.0 Å². The molecule has 0 atom stereocenters. The van der Waals surface area contributed by atoms with E-state index in [0.29, 0.717) is 12.1 Å². The molecule has 0 radical (unpaired) electrons. The van der Waals surface area contributed by atoms with Crippen molar-refractivity contribution in [3.05, 3.63) is 414 Å². The maximum Gasteiger partial charge on any atom is 0.265 e. The van der Waals surface area contributed by atoms with E-state index in [2.05, 4.69) is 379 Å². The summed E-state index contributed by atoms with van der Waals surface area (Å²) in [7, 11) is -0.367. The Morgan fingerprint density at radius 1 is 0.381 bits per heavy atom. The van der Waals surface area contributed by atoms with Gasteiger partial charge in [-0.1, -0.05) is 86.6 Å². The number of aldehydes is 2. The van der Waals surface area contributed by atoms with Gasteiger partial charge in [-0.05, 0) is 80.7 Å². The number of allylic oxidation sites excluding steroid dienone is 1. The minimum atomic E-state index is -0.367. The zero-order chi connectivity index (χ0) is 101. The van der Waals surface area contributed by atoms with E-state index >= 15 is 0 Å². The third-order valence-corrected chi connectivity index (χ3v) is 37.2. The average molecular weight is 2270 g/mol. The van der Waals surface area contributed by atoms with Crippen LogP contribution in [0.25, 0.3) is 124 Å². The predicted octanol–water partition coefficient (Wildman–Crippen LogP) is 30.7. The van der Waals surface area contributed by atoms with E-state index in [9.17, 15) is 14.9 Å². The van der Waals surface area contributed by atoms with Crippen molar-refractivity contribution in [1.29, 1.82) is 5.26 Å². The van der Waals surface area contributed by atoms with Crippen LogP contribution in [0.15, 0.2) is 344 Å². The summed E-state index contributed by atoms with van der Waals surface area (Å²) in [4.78, 5) is 47.1. The SMILES string of the molecule is CC1(C)c2ccccc2N(c2ccccc2)c2ccc(-c3ccc(-c4ccc(C=C(C#N)c5nc6ccccc6s5)s4)c4n[se]nc34)cc21.CC1(C)c2ccccc2N(c2ccccc2)c2ccc(-c3ccc(-c4ccc(C=O)s4)c4n[se]nc34)cc21.CC1(C)c2ccccc2N(c2ccccc2)c2ccc(B3OC(C)(C)C(C)(C)O3)cc21.O=Cc1ccc(-c2ccc(Br)c3n[se]nc23)s1.[C-]#[N+]Cc1nc2ccccc2s1. The van der Waals surface area contributed by atoms with E-state index in [4.69, 9.17) is 36.8 Å². The Balaban J connectivity index is 0.000000112. The Morgan fingerprint density at radius 3 is 1.16 bits per heavy atom. The van der Waals surface area contributed by atoms with Crippen molar-refractivity contribution in [2.75, 3.05) is 14.7 Å². The van der Waals surface area contributed by atoms with Gasteiger partial charge in [0.15, 0.2) is 5.01 Å². The summed E-state index contributed by atoms with van der Waals surface area (Å²) >= 11 is 10.8. The largest absolute Gasteiger partial charge is 0.309 e. The zero-order valence-corrected chi connectivity index (χ0v) is 92.2. The third kappa shape index (κ3) is 18.5. The first-order valence-electron chi connectivity index (χ1n) is 47.8. The van der Waals surface area contributed by atoms with Gasteiger partial charge in [-0.3, -0.25) is 0 Å². The Hall–Kier alpha value is -13.8. The molecule has 0 amide bonds. The minimum absolute atomic E-state index is 0.0499. The molecule has 0 N–H and O–H groups in total. The molecule has 27 heteroatoms. The Labute approximate surface area is 899 Å². The van der Waals surface area contributed by atoms with Crippen molar-refractivity contribution in [1.82, 2.24) is 33.8 Å². The molecule has 147 heavy (non-hydrogen) atoms. The van der Waals surface area contributed by atoms with E-state index in [1.165, 1.54) is 90.2 Å². The second-order valence-electron chi connectivity index (χ2n) is 38.5. The van der Waals surface area contributed by atoms with Gasteiger partial charge in [0.25, 0.3) is 6.54 Å². The number of anilines is 9.